The average molecular weight is 501 g/mol. The van der Waals surface area contributed by atoms with E-state index < -0.39 is 0 Å². The summed E-state index contributed by atoms with van der Waals surface area (Å²) in [4.78, 5) is 6.93. The van der Waals surface area contributed by atoms with Crippen LogP contribution < -0.4 is 5.32 Å². The van der Waals surface area contributed by atoms with Crippen molar-refractivity contribution in [3.05, 3.63) is 81.4 Å². The van der Waals surface area contributed by atoms with Crippen LogP contribution in [-0.4, -0.2) is 38.8 Å². The molecule has 0 amide bonds. The highest BCUT2D eigenvalue weighted by Gasteiger charge is 2.42. The minimum atomic E-state index is -0.0604. The lowest BCUT2D eigenvalue weighted by Crippen LogP contribution is -2.36. The summed E-state index contributed by atoms with van der Waals surface area (Å²) >= 11 is 18.6. The minimum absolute atomic E-state index is 0.0115. The van der Waals surface area contributed by atoms with Crippen LogP contribution in [0.2, 0.25) is 10.0 Å². The number of thiocarbonyl (C=S) groups is 1. The van der Waals surface area contributed by atoms with Crippen LogP contribution in [0.4, 0.5) is 0 Å². The van der Waals surface area contributed by atoms with Gasteiger partial charge in [-0.2, -0.15) is 0 Å². The zero-order valence-electron chi connectivity index (χ0n) is 18.6. The Bertz CT molecular complexity index is 1180. The first-order valence-electron chi connectivity index (χ1n) is 11.2. The molecule has 33 heavy (non-hydrogen) atoms. The lowest BCUT2D eigenvalue weighted by atomic mass is 9.96. The summed E-state index contributed by atoms with van der Waals surface area (Å²) in [5, 5.41) is 5.52. The summed E-state index contributed by atoms with van der Waals surface area (Å²) in [5.74, 6) is 0. The maximum Gasteiger partial charge on any atom is 0.170 e. The molecule has 2 aromatic heterocycles. The van der Waals surface area contributed by atoms with Gasteiger partial charge in [0.1, 0.15) is 0 Å². The van der Waals surface area contributed by atoms with Crippen molar-refractivity contribution in [3.8, 4) is 5.69 Å². The van der Waals surface area contributed by atoms with Gasteiger partial charge in [-0.15, -0.1) is 0 Å². The lowest BCUT2D eigenvalue weighted by Gasteiger charge is -2.30. The third-order valence-corrected chi connectivity index (χ3v) is 7.45. The number of rotatable bonds is 5. The van der Waals surface area contributed by atoms with E-state index in [1.165, 1.54) is 5.56 Å². The van der Waals surface area contributed by atoms with Crippen molar-refractivity contribution in [3.63, 3.8) is 0 Å². The summed E-state index contributed by atoms with van der Waals surface area (Å²) in [7, 11) is 0. The Morgan fingerprint density at radius 2 is 2.03 bits per heavy atom. The van der Waals surface area contributed by atoms with Crippen LogP contribution in [0.1, 0.15) is 47.6 Å². The molecule has 0 unspecified atom stereocenters. The summed E-state index contributed by atoms with van der Waals surface area (Å²) in [5.41, 5.74) is 5.29. The van der Waals surface area contributed by atoms with E-state index in [1.54, 1.807) is 6.07 Å². The van der Waals surface area contributed by atoms with Crippen LogP contribution in [0, 0.1) is 13.8 Å². The van der Waals surface area contributed by atoms with E-state index in [1.807, 2.05) is 30.5 Å². The number of nitrogens with zero attached hydrogens (tertiary/aromatic N) is 3. The molecule has 3 aromatic rings. The molecule has 3 atom stereocenters. The Morgan fingerprint density at radius 1 is 1.18 bits per heavy atom. The Hall–Kier alpha value is -2.12. The van der Waals surface area contributed by atoms with Gasteiger partial charge in [-0.3, -0.25) is 4.98 Å². The van der Waals surface area contributed by atoms with Gasteiger partial charge >= 0.3 is 0 Å². The third kappa shape index (κ3) is 4.26. The highest BCUT2D eigenvalue weighted by molar-refractivity contribution is 7.80. The zero-order valence-corrected chi connectivity index (χ0v) is 20.9. The van der Waals surface area contributed by atoms with Crippen molar-refractivity contribution in [2.24, 2.45) is 0 Å². The molecular formula is C25H26Cl2N4OS. The van der Waals surface area contributed by atoms with Crippen LogP contribution in [0.25, 0.3) is 5.69 Å². The minimum Gasteiger partial charge on any atom is -0.376 e. The summed E-state index contributed by atoms with van der Waals surface area (Å²) in [6, 6.07) is 13.8. The number of pyridine rings is 1. The van der Waals surface area contributed by atoms with Crippen LogP contribution in [0.3, 0.4) is 0 Å². The van der Waals surface area contributed by atoms with Gasteiger partial charge in [0.2, 0.25) is 0 Å². The first-order valence-corrected chi connectivity index (χ1v) is 12.3. The molecular weight excluding hydrogens is 475 g/mol. The molecule has 8 heteroatoms. The number of halogens is 2. The Kier molecular flexibility index (Phi) is 6.36. The maximum absolute atomic E-state index is 6.59. The predicted molar refractivity (Wildman–Crippen MR) is 136 cm³/mol. The van der Waals surface area contributed by atoms with E-state index >= 15 is 0 Å². The van der Waals surface area contributed by atoms with Crippen molar-refractivity contribution < 1.29 is 4.74 Å². The molecule has 2 fully saturated rings. The van der Waals surface area contributed by atoms with Gasteiger partial charge in [0, 0.05) is 35.8 Å². The number of benzene rings is 1. The molecule has 172 valence electrons. The van der Waals surface area contributed by atoms with Gasteiger partial charge in [-0.05, 0) is 80.9 Å². The smallest absolute Gasteiger partial charge is 0.170 e. The van der Waals surface area contributed by atoms with Crippen LogP contribution in [0.15, 0.2) is 48.7 Å². The predicted octanol–water partition coefficient (Wildman–Crippen LogP) is 5.95. The monoisotopic (exact) mass is 500 g/mol. The van der Waals surface area contributed by atoms with Crippen molar-refractivity contribution in [2.75, 3.05) is 13.2 Å². The molecule has 5 rings (SSSR count). The van der Waals surface area contributed by atoms with E-state index in [2.05, 4.69) is 45.7 Å². The molecule has 2 saturated heterocycles. The molecule has 0 radical (unpaired) electrons. The van der Waals surface area contributed by atoms with Crippen molar-refractivity contribution in [2.45, 2.75) is 44.9 Å². The molecule has 2 aliphatic heterocycles. The van der Waals surface area contributed by atoms with Crippen LogP contribution in [0.5, 0.6) is 0 Å². The maximum atomic E-state index is 6.59. The normalized spacial score (nSPS) is 22.7. The van der Waals surface area contributed by atoms with Gasteiger partial charge in [0.25, 0.3) is 0 Å². The first kappa shape index (κ1) is 22.7. The Labute approximate surface area is 209 Å². The average Bonchev–Trinajstić information content (AvgIpc) is 3.49. The molecule has 2 aliphatic rings. The highest BCUT2D eigenvalue weighted by atomic mass is 35.5. The number of nitrogens with one attached hydrogen (secondary N) is 1. The Morgan fingerprint density at radius 3 is 2.73 bits per heavy atom. The summed E-state index contributed by atoms with van der Waals surface area (Å²) < 4.78 is 8.15. The third-order valence-electron chi connectivity index (χ3n) is 6.56. The summed E-state index contributed by atoms with van der Waals surface area (Å²) in [6.45, 7) is 5.80. The molecule has 4 heterocycles. The van der Waals surface area contributed by atoms with Gasteiger partial charge in [-0.1, -0.05) is 29.3 Å². The zero-order chi connectivity index (χ0) is 23.1. The molecule has 0 saturated carbocycles. The fourth-order valence-corrected chi connectivity index (χ4v) is 5.88. The second-order valence-corrected chi connectivity index (χ2v) is 9.90. The molecule has 5 nitrogen and oxygen atoms in total. The number of hydrogen-bond acceptors (Lipinski definition) is 3. The van der Waals surface area contributed by atoms with Crippen molar-refractivity contribution in [1.29, 1.82) is 0 Å². The summed E-state index contributed by atoms with van der Waals surface area (Å²) in [6.07, 6.45) is 4.16. The number of ether oxygens (including phenoxy) is 1. The molecule has 1 aromatic carbocycles. The number of aryl methyl sites for hydroxylation is 1. The van der Waals surface area contributed by atoms with Crippen LogP contribution in [-0.2, 0) is 4.74 Å². The van der Waals surface area contributed by atoms with E-state index in [9.17, 15) is 0 Å². The lowest BCUT2D eigenvalue weighted by molar-refractivity contribution is 0.0842. The van der Waals surface area contributed by atoms with Gasteiger partial charge in [0.15, 0.2) is 5.11 Å². The van der Waals surface area contributed by atoms with Gasteiger partial charge in [0.05, 0.1) is 34.6 Å². The largest absolute Gasteiger partial charge is 0.376 e. The number of hydrogen-bond donors (Lipinski definition) is 1. The Balaban J connectivity index is 1.60. The van der Waals surface area contributed by atoms with E-state index in [0.29, 0.717) is 10.0 Å². The molecule has 1 N–H and O–H groups in total. The van der Waals surface area contributed by atoms with Crippen molar-refractivity contribution >= 4 is 40.5 Å². The molecule has 0 bridgehead atoms. The van der Waals surface area contributed by atoms with E-state index in [-0.39, 0.29) is 18.2 Å². The quantitative estimate of drug-likeness (QED) is 0.438. The topological polar surface area (TPSA) is 42.3 Å². The second kappa shape index (κ2) is 9.26. The fourth-order valence-electron chi connectivity index (χ4n) is 5.07. The highest BCUT2D eigenvalue weighted by Crippen LogP contribution is 2.42. The standard InChI is InChI=1S/C25H26Cl2N4OS/c1-15-12-19(16(2)31(15)22-9-8-17(26)13-20(22)27)24-23(21-7-3-4-10-28-21)29-25(33)30(24)14-18-6-5-11-32-18/h3-4,7-10,12-13,18,23-24H,5-6,11,14H2,1-2H3,(H,29,33)/t18-,23-,24-/m0/s1. The van der Waals surface area contributed by atoms with Crippen molar-refractivity contribution in [1.82, 2.24) is 19.8 Å². The van der Waals surface area contributed by atoms with E-state index in [0.717, 1.165) is 53.9 Å². The second-order valence-electron chi connectivity index (χ2n) is 8.67. The molecule has 0 spiro atoms. The SMILES string of the molecule is Cc1cc([C@H]2[C@H](c3ccccn3)NC(=S)N2C[C@@H]2CCCO2)c(C)n1-c1ccc(Cl)cc1Cl. The fraction of sp³-hybridized carbons (Fsp3) is 0.360. The number of aromatic nitrogens is 2. The van der Waals surface area contributed by atoms with Crippen LogP contribution >= 0.6 is 35.4 Å². The van der Waals surface area contributed by atoms with Gasteiger partial charge < -0.3 is 19.5 Å². The first-order chi connectivity index (χ1) is 15.9. The van der Waals surface area contributed by atoms with Gasteiger partial charge in [-0.25, -0.2) is 0 Å². The van der Waals surface area contributed by atoms with E-state index in [4.69, 9.17) is 40.2 Å². The molecule has 0 aliphatic carbocycles.